The number of alkyl halides is 1. The Morgan fingerprint density at radius 1 is 1.29 bits per heavy atom. The van der Waals surface area contributed by atoms with Gasteiger partial charge in [-0.2, -0.15) is 0 Å². The molecule has 0 aliphatic carbocycles. The number of halogens is 1. The number of piperidine rings is 1. The van der Waals surface area contributed by atoms with Gasteiger partial charge >= 0.3 is 0 Å². The molecule has 0 unspecified atom stereocenters. The van der Waals surface area contributed by atoms with Crippen LogP contribution in [0.1, 0.15) is 25.7 Å². The molecule has 0 aromatic heterocycles. The maximum absolute atomic E-state index is 12.9. The lowest BCUT2D eigenvalue weighted by Crippen LogP contribution is -2.45. The Bertz CT molecular complexity index is 209. The molecule has 0 saturated carbocycles. The largest absolute Gasteiger partial charge is 0.341 e. The van der Waals surface area contributed by atoms with Crippen LogP contribution in [-0.2, 0) is 4.79 Å². The Balaban J connectivity index is 1.87. The Morgan fingerprint density at radius 3 is 2.57 bits per heavy atom. The minimum absolute atomic E-state index is 0.102. The molecule has 0 bridgehead atoms. The standard InChI is InChI=1S/C10H17FN2O/c11-8-6-9(12-7-8)10(14)13-4-2-1-3-5-13/h8-9,12H,1-7H2/t8-,9-/m0/s1. The summed E-state index contributed by atoms with van der Waals surface area (Å²) >= 11 is 0. The van der Waals surface area contributed by atoms with Crippen LogP contribution < -0.4 is 5.32 Å². The van der Waals surface area contributed by atoms with E-state index in [1.165, 1.54) is 6.42 Å². The first kappa shape index (κ1) is 9.90. The number of nitrogens with one attached hydrogen (secondary N) is 1. The van der Waals surface area contributed by atoms with E-state index < -0.39 is 6.17 Å². The Kier molecular flexibility index (Phi) is 3.01. The molecule has 2 heterocycles. The van der Waals surface area contributed by atoms with Gasteiger partial charge in [-0.15, -0.1) is 0 Å². The third-order valence-electron chi connectivity index (χ3n) is 3.04. The molecule has 2 aliphatic heterocycles. The molecule has 0 aromatic rings. The van der Waals surface area contributed by atoms with Crippen LogP contribution >= 0.6 is 0 Å². The SMILES string of the molecule is O=C([C@@H]1C[C@H](F)CN1)N1CCCCC1. The second-order valence-electron chi connectivity index (χ2n) is 4.18. The van der Waals surface area contributed by atoms with Gasteiger partial charge in [-0.25, -0.2) is 4.39 Å². The number of likely N-dealkylation sites (tertiary alicyclic amines) is 1. The number of carbonyl (C=O) groups excluding carboxylic acids is 1. The van der Waals surface area contributed by atoms with Crippen molar-refractivity contribution >= 4 is 5.91 Å². The number of hydrogen-bond acceptors (Lipinski definition) is 2. The van der Waals surface area contributed by atoms with E-state index >= 15 is 0 Å². The van der Waals surface area contributed by atoms with Gasteiger partial charge in [-0.3, -0.25) is 4.79 Å². The fourth-order valence-electron chi connectivity index (χ4n) is 2.22. The Hall–Kier alpha value is -0.640. The molecule has 2 aliphatic rings. The maximum atomic E-state index is 12.9. The lowest BCUT2D eigenvalue weighted by Gasteiger charge is -2.29. The lowest BCUT2D eigenvalue weighted by molar-refractivity contribution is -0.134. The number of rotatable bonds is 1. The fraction of sp³-hybridized carbons (Fsp3) is 0.900. The van der Waals surface area contributed by atoms with Gasteiger partial charge in [0.05, 0.1) is 6.04 Å². The van der Waals surface area contributed by atoms with E-state index in [9.17, 15) is 9.18 Å². The zero-order valence-electron chi connectivity index (χ0n) is 8.34. The summed E-state index contributed by atoms with van der Waals surface area (Å²) in [5.74, 6) is 0.102. The van der Waals surface area contributed by atoms with Gasteiger partial charge in [0.1, 0.15) is 6.17 Å². The van der Waals surface area contributed by atoms with E-state index in [4.69, 9.17) is 0 Å². The molecular weight excluding hydrogens is 183 g/mol. The summed E-state index contributed by atoms with van der Waals surface area (Å²) in [7, 11) is 0. The molecule has 1 N–H and O–H groups in total. The van der Waals surface area contributed by atoms with E-state index in [2.05, 4.69) is 5.32 Å². The van der Waals surface area contributed by atoms with Gasteiger partial charge in [0.2, 0.25) is 5.91 Å². The van der Waals surface area contributed by atoms with Crippen molar-refractivity contribution in [3.63, 3.8) is 0 Å². The van der Waals surface area contributed by atoms with Crippen molar-refractivity contribution in [2.24, 2.45) is 0 Å². The highest BCUT2D eigenvalue weighted by Gasteiger charge is 2.32. The van der Waals surface area contributed by atoms with Crippen LogP contribution in [0.3, 0.4) is 0 Å². The summed E-state index contributed by atoms with van der Waals surface area (Å²) in [5.41, 5.74) is 0. The molecule has 2 fully saturated rings. The van der Waals surface area contributed by atoms with Gasteiger partial charge < -0.3 is 10.2 Å². The number of amides is 1. The summed E-state index contributed by atoms with van der Waals surface area (Å²) in [6.45, 7) is 2.05. The minimum Gasteiger partial charge on any atom is -0.341 e. The third kappa shape index (κ3) is 2.05. The molecule has 0 radical (unpaired) electrons. The van der Waals surface area contributed by atoms with Gasteiger partial charge in [-0.05, 0) is 19.3 Å². The van der Waals surface area contributed by atoms with Gasteiger partial charge in [-0.1, -0.05) is 0 Å². The average molecular weight is 200 g/mol. The van der Waals surface area contributed by atoms with E-state index in [1.807, 2.05) is 4.90 Å². The molecule has 80 valence electrons. The normalized spacial score (nSPS) is 33.4. The highest BCUT2D eigenvalue weighted by molar-refractivity contribution is 5.82. The summed E-state index contributed by atoms with van der Waals surface area (Å²) in [4.78, 5) is 13.7. The van der Waals surface area contributed by atoms with Crippen LogP contribution in [0.15, 0.2) is 0 Å². The molecule has 2 saturated heterocycles. The predicted molar refractivity (Wildman–Crippen MR) is 51.7 cm³/mol. The van der Waals surface area contributed by atoms with Crippen LogP contribution in [0.5, 0.6) is 0 Å². The second-order valence-corrected chi connectivity index (χ2v) is 4.18. The Labute approximate surface area is 83.6 Å². The third-order valence-corrected chi connectivity index (χ3v) is 3.04. The van der Waals surface area contributed by atoms with E-state index in [0.717, 1.165) is 25.9 Å². The zero-order chi connectivity index (χ0) is 9.97. The first-order chi connectivity index (χ1) is 6.77. The van der Waals surface area contributed by atoms with Crippen LogP contribution in [0.2, 0.25) is 0 Å². The molecule has 2 rings (SSSR count). The Morgan fingerprint density at radius 2 is 2.00 bits per heavy atom. The van der Waals surface area contributed by atoms with Crippen LogP contribution in [-0.4, -0.2) is 42.7 Å². The second kappa shape index (κ2) is 4.26. The van der Waals surface area contributed by atoms with Crippen LogP contribution in [0.4, 0.5) is 4.39 Å². The zero-order valence-corrected chi connectivity index (χ0v) is 8.34. The molecule has 0 spiro atoms. The first-order valence-corrected chi connectivity index (χ1v) is 5.43. The lowest BCUT2D eigenvalue weighted by atomic mass is 10.1. The molecule has 0 aromatic carbocycles. The van der Waals surface area contributed by atoms with Crippen molar-refractivity contribution in [1.82, 2.24) is 10.2 Å². The highest BCUT2D eigenvalue weighted by Crippen LogP contribution is 2.15. The van der Waals surface area contributed by atoms with Crippen molar-refractivity contribution in [3.05, 3.63) is 0 Å². The van der Waals surface area contributed by atoms with Crippen molar-refractivity contribution in [1.29, 1.82) is 0 Å². The molecule has 3 nitrogen and oxygen atoms in total. The molecule has 14 heavy (non-hydrogen) atoms. The number of nitrogens with zero attached hydrogens (tertiary/aromatic N) is 1. The van der Waals surface area contributed by atoms with Crippen molar-refractivity contribution in [2.45, 2.75) is 37.9 Å². The quantitative estimate of drug-likeness (QED) is 0.675. The fourth-order valence-corrected chi connectivity index (χ4v) is 2.22. The summed E-state index contributed by atoms with van der Waals surface area (Å²) in [6.07, 6.45) is 2.92. The van der Waals surface area contributed by atoms with Crippen LogP contribution in [0.25, 0.3) is 0 Å². The van der Waals surface area contributed by atoms with Crippen molar-refractivity contribution in [3.8, 4) is 0 Å². The van der Waals surface area contributed by atoms with E-state index in [1.54, 1.807) is 0 Å². The van der Waals surface area contributed by atoms with Gasteiger partial charge in [0.25, 0.3) is 0 Å². The number of carbonyl (C=O) groups is 1. The minimum atomic E-state index is -0.839. The van der Waals surface area contributed by atoms with E-state index in [0.29, 0.717) is 13.0 Å². The van der Waals surface area contributed by atoms with Crippen LogP contribution in [0, 0.1) is 0 Å². The molecular formula is C10H17FN2O. The average Bonchev–Trinajstić information content (AvgIpc) is 2.65. The summed E-state index contributed by atoms with van der Waals surface area (Å²) < 4.78 is 12.9. The maximum Gasteiger partial charge on any atom is 0.239 e. The smallest absolute Gasteiger partial charge is 0.239 e. The molecule has 4 heteroatoms. The predicted octanol–water partition coefficient (Wildman–Crippen LogP) is 0.699. The summed E-state index contributed by atoms with van der Waals surface area (Å²) in [5, 5.41) is 2.94. The highest BCUT2D eigenvalue weighted by atomic mass is 19.1. The van der Waals surface area contributed by atoms with Crippen molar-refractivity contribution < 1.29 is 9.18 Å². The number of hydrogen-bond donors (Lipinski definition) is 1. The molecule has 1 amide bonds. The van der Waals surface area contributed by atoms with E-state index in [-0.39, 0.29) is 11.9 Å². The topological polar surface area (TPSA) is 32.3 Å². The molecule has 2 atom stereocenters. The summed E-state index contributed by atoms with van der Waals surface area (Å²) in [6, 6.07) is -0.261. The van der Waals surface area contributed by atoms with Crippen molar-refractivity contribution in [2.75, 3.05) is 19.6 Å². The van der Waals surface area contributed by atoms with Gasteiger partial charge in [0, 0.05) is 26.1 Å². The first-order valence-electron chi connectivity index (χ1n) is 5.43. The van der Waals surface area contributed by atoms with Gasteiger partial charge in [0.15, 0.2) is 0 Å². The monoisotopic (exact) mass is 200 g/mol.